The molecule has 1 aliphatic rings. The molecule has 1 aromatic carbocycles. The molecular formula is C13H14BrN5. The first-order valence-electron chi connectivity index (χ1n) is 6.04. The van der Waals surface area contributed by atoms with Gasteiger partial charge in [0.15, 0.2) is 0 Å². The molecule has 0 bridgehead atoms. The van der Waals surface area contributed by atoms with Crippen molar-refractivity contribution in [3.05, 3.63) is 46.5 Å². The zero-order chi connectivity index (χ0) is 13.4. The van der Waals surface area contributed by atoms with Gasteiger partial charge in [-0.25, -0.2) is 4.98 Å². The van der Waals surface area contributed by atoms with Crippen molar-refractivity contribution in [3.8, 4) is 0 Å². The number of imidazole rings is 1. The van der Waals surface area contributed by atoms with Crippen molar-refractivity contribution in [2.45, 2.75) is 13.1 Å². The van der Waals surface area contributed by atoms with E-state index in [1.54, 1.807) is 0 Å². The maximum Gasteiger partial charge on any atom is 0.128 e. The molecule has 19 heavy (non-hydrogen) atoms. The van der Waals surface area contributed by atoms with Gasteiger partial charge in [-0.1, -0.05) is 15.9 Å². The molecule has 0 spiro atoms. The van der Waals surface area contributed by atoms with E-state index < -0.39 is 0 Å². The molecule has 3 rings (SSSR count). The lowest BCUT2D eigenvalue weighted by atomic mass is 10.1. The number of aromatic nitrogens is 2. The van der Waals surface area contributed by atoms with Gasteiger partial charge in [0.2, 0.25) is 0 Å². The third-order valence-electron chi connectivity index (χ3n) is 3.33. The van der Waals surface area contributed by atoms with Crippen molar-refractivity contribution in [3.63, 3.8) is 0 Å². The first kappa shape index (κ1) is 12.2. The van der Waals surface area contributed by atoms with Gasteiger partial charge in [-0.2, -0.15) is 0 Å². The van der Waals surface area contributed by atoms with Gasteiger partial charge in [0, 0.05) is 41.2 Å². The molecule has 0 saturated heterocycles. The molecule has 1 aliphatic heterocycles. The molecule has 1 aromatic heterocycles. The molecule has 0 saturated carbocycles. The van der Waals surface area contributed by atoms with E-state index in [0.717, 1.165) is 41.2 Å². The minimum absolute atomic E-state index is 0.0882. The van der Waals surface area contributed by atoms with Crippen LogP contribution >= 0.6 is 15.9 Å². The molecule has 2 heterocycles. The zero-order valence-corrected chi connectivity index (χ0v) is 11.9. The van der Waals surface area contributed by atoms with Gasteiger partial charge in [0.05, 0.1) is 6.54 Å². The van der Waals surface area contributed by atoms with Crippen LogP contribution in [-0.2, 0) is 13.1 Å². The van der Waals surface area contributed by atoms with Crippen LogP contribution in [0.2, 0.25) is 0 Å². The number of hydrogen-bond donors (Lipinski definition) is 2. The molecule has 0 aliphatic carbocycles. The molecule has 0 radical (unpaired) electrons. The van der Waals surface area contributed by atoms with E-state index in [4.69, 9.17) is 11.1 Å². The summed E-state index contributed by atoms with van der Waals surface area (Å²) in [7, 11) is 0. The predicted molar refractivity (Wildman–Crippen MR) is 78.4 cm³/mol. The molecule has 98 valence electrons. The van der Waals surface area contributed by atoms with Crippen molar-refractivity contribution in [1.82, 2.24) is 9.55 Å². The van der Waals surface area contributed by atoms with Crippen LogP contribution in [0.5, 0.6) is 0 Å². The number of rotatable bonds is 2. The molecule has 0 atom stereocenters. The van der Waals surface area contributed by atoms with Crippen LogP contribution in [-0.4, -0.2) is 21.9 Å². The summed E-state index contributed by atoms with van der Waals surface area (Å²) in [5, 5.41) is 7.72. The lowest BCUT2D eigenvalue weighted by Gasteiger charge is -2.31. The number of nitrogens with zero attached hydrogens (tertiary/aromatic N) is 3. The molecule has 2 aromatic rings. The molecule has 3 N–H and O–H groups in total. The van der Waals surface area contributed by atoms with Crippen molar-refractivity contribution < 1.29 is 0 Å². The number of fused-ring (bicyclic) bond motifs is 1. The Bertz CT molecular complexity index is 634. The Morgan fingerprint density at radius 3 is 3.00 bits per heavy atom. The number of hydrogen-bond acceptors (Lipinski definition) is 3. The maximum atomic E-state index is 7.72. The summed E-state index contributed by atoms with van der Waals surface area (Å²) in [6.07, 6.45) is 3.83. The average molecular weight is 320 g/mol. The Morgan fingerprint density at radius 1 is 1.37 bits per heavy atom. The smallest absolute Gasteiger partial charge is 0.128 e. The molecule has 0 fully saturated rings. The van der Waals surface area contributed by atoms with E-state index in [1.165, 1.54) is 0 Å². The lowest BCUT2D eigenvalue weighted by Crippen LogP contribution is -2.35. The van der Waals surface area contributed by atoms with Gasteiger partial charge in [-0.05, 0) is 18.2 Å². The maximum absolute atomic E-state index is 7.72. The van der Waals surface area contributed by atoms with Gasteiger partial charge < -0.3 is 15.2 Å². The first-order valence-corrected chi connectivity index (χ1v) is 6.83. The van der Waals surface area contributed by atoms with Crippen molar-refractivity contribution >= 4 is 27.5 Å². The Morgan fingerprint density at radius 2 is 2.21 bits per heavy atom. The van der Waals surface area contributed by atoms with Gasteiger partial charge >= 0.3 is 0 Å². The highest BCUT2D eigenvalue weighted by Gasteiger charge is 2.20. The number of nitrogens with one attached hydrogen (secondary N) is 1. The van der Waals surface area contributed by atoms with Gasteiger partial charge in [-0.15, -0.1) is 0 Å². The highest BCUT2D eigenvalue weighted by molar-refractivity contribution is 9.10. The second kappa shape index (κ2) is 4.70. The van der Waals surface area contributed by atoms with Crippen LogP contribution in [0.15, 0.2) is 35.1 Å². The summed E-state index contributed by atoms with van der Waals surface area (Å²) in [6.45, 7) is 2.54. The highest BCUT2D eigenvalue weighted by Crippen LogP contribution is 2.27. The van der Waals surface area contributed by atoms with Crippen LogP contribution in [0, 0.1) is 5.41 Å². The van der Waals surface area contributed by atoms with E-state index in [1.807, 2.05) is 30.6 Å². The van der Waals surface area contributed by atoms with E-state index in [-0.39, 0.29) is 5.84 Å². The summed E-state index contributed by atoms with van der Waals surface area (Å²) >= 11 is 3.42. The van der Waals surface area contributed by atoms with E-state index >= 15 is 0 Å². The normalized spacial score (nSPS) is 14.3. The molecule has 0 unspecified atom stereocenters. The van der Waals surface area contributed by atoms with Crippen LogP contribution < -0.4 is 10.6 Å². The van der Waals surface area contributed by atoms with Crippen molar-refractivity contribution in [2.24, 2.45) is 5.73 Å². The summed E-state index contributed by atoms with van der Waals surface area (Å²) in [5.74, 6) is 1.13. The van der Waals surface area contributed by atoms with Gasteiger partial charge in [-0.3, -0.25) is 5.41 Å². The quantitative estimate of drug-likeness (QED) is 0.656. The third-order valence-corrected chi connectivity index (χ3v) is 3.83. The second-order valence-electron chi connectivity index (χ2n) is 4.53. The molecular weight excluding hydrogens is 306 g/mol. The van der Waals surface area contributed by atoms with Crippen molar-refractivity contribution in [2.75, 3.05) is 11.4 Å². The number of halogens is 1. The van der Waals surface area contributed by atoms with Crippen LogP contribution in [0.1, 0.15) is 11.4 Å². The number of benzene rings is 1. The Hall–Kier alpha value is -1.82. The third kappa shape index (κ3) is 2.23. The molecule has 6 heteroatoms. The van der Waals surface area contributed by atoms with Crippen LogP contribution in [0.25, 0.3) is 0 Å². The number of nitrogen functional groups attached to an aromatic ring is 1. The fraction of sp³-hybridized carbons (Fsp3) is 0.231. The van der Waals surface area contributed by atoms with Crippen LogP contribution in [0.3, 0.4) is 0 Å². The van der Waals surface area contributed by atoms with E-state index in [2.05, 4.69) is 30.4 Å². The fourth-order valence-electron chi connectivity index (χ4n) is 2.38. The SMILES string of the molecule is N=C(N)c1cc(Br)ccc1N1CCn2ccnc2C1. The Labute approximate surface area is 119 Å². The minimum atomic E-state index is 0.0882. The fourth-order valence-corrected chi connectivity index (χ4v) is 2.74. The highest BCUT2D eigenvalue weighted by atomic mass is 79.9. The van der Waals surface area contributed by atoms with Gasteiger partial charge in [0.1, 0.15) is 11.7 Å². The number of amidine groups is 1. The van der Waals surface area contributed by atoms with Crippen molar-refractivity contribution in [1.29, 1.82) is 5.41 Å². The average Bonchev–Trinajstić information content (AvgIpc) is 2.85. The Kier molecular flexibility index (Phi) is 3.02. The van der Waals surface area contributed by atoms with E-state index in [9.17, 15) is 0 Å². The summed E-state index contributed by atoms with van der Waals surface area (Å²) in [5.41, 5.74) is 7.43. The monoisotopic (exact) mass is 319 g/mol. The minimum Gasteiger partial charge on any atom is -0.384 e. The van der Waals surface area contributed by atoms with Gasteiger partial charge in [0.25, 0.3) is 0 Å². The Balaban J connectivity index is 1.98. The zero-order valence-electron chi connectivity index (χ0n) is 10.3. The van der Waals surface area contributed by atoms with Crippen LogP contribution in [0.4, 0.5) is 5.69 Å². The summed E-state index contributed by atoms with van der Waals surface area (Å²) in [4.78, 5) is 6.57. The molecule has 0 amide bonds. The summed E-state index contributed by atoms with van der Waals surface area (Å²) < 4.78 is 3.09. The lowest BCUT2D eigenvalue weighted by molar-refractivity contribution is 0.560. The standard InChI is InChI=1S/C13H14BrN5/c14-9-1-2-11(10(7-9)13(15)16)19-6-5-18-4-3-17-12(18)8-19/h1-4,7H,5-6,8H2,(H3,15,16). The number of nitrogens with two attached hydrogens (primary N) is 1. The largest absolute Gasteiger partial charge is 0.384 e. The number of anilines is 1. The first-order chi connectivity index (χ1) is 9.15. The molecule has 5 nitrogen and oxygen atoms in total. The summed E-state index contributed by atoms with van der Waals surface area (Å²) in [6, 6.07) is 5.86. The second-order valence-corrected chi connectivity index (χ2v) is 5.45. The predicted octanol–water partition coefficient (Wildman–Crippen LogP) is 1.95. The van der Waals surface area contributed by atoms with E-state index in [0.29, 0.717) is 0 Å². The topological polar surface area (TPSA) is 70.9 Å².